The largest absolute Gasteiger partial charge is 0.508 e. The summed E-state index contributed by atoms with van der Waals surface area (Å²) in [4.78, 5) is 115. The number of carbonyl (C=O) groups is 9. The normalized spacial score (nSPS) is 16.3. The van der Waals surface area contributed by atoms with E-state index in [4.69, 9.17) is 20.7 Å². The van der Waals surface area contributed by atoms with Crippen LogP contribution >= 0.6 is 0 Å². The molecule has 22 nitrogen and oxygen atoms in total. The number of rotatable bonds is 23. The number of carbonyl (C=O) groups excluding carboxylic acids is 7. The van der Waals surface area contributed by atoms with E-state index < -0.39 is 116 Å². The summed E-state index contributed by atoms with van der Waals surface area (Å²) in [6, 6.07) is -3.11. The van der Waals surface area contributed by atoms with Gasteiger partial charge in [-0.25, -0.2) is 4.79 Å². The number of benzene rings is 1. The molecule has 1 aromatic carbocycles. The van der Waals surface area contributed by atoms with E-state index in [1.54, 1.807) is 27.7 Å². The number of phenols is 1. The minimum atomic E-state index is -5.08. The molecule has 0 spiro atoms. The Kier molecular flexibility index (Phi) is 24.1. The van der Waals surface area contributed by atoms with Crippen molar-refractivity contribution in [3.8, 4) is 5.75 Å². The van der Waals surface area contributed by atoms with Crippen LogP contribution in [0.1, 0.15) is 72.8 Å². The summed E-state index contributed by atoms with van der Waals surface area (Å²) in [7, 11) is 0. The molecule has 1 fully saturated rings. The number of alkyl halides is 3. The van der Waals surface area contributed by atoms with Crippen molar-refractivity contribution in [1.29, 1.82) is 0 Å². The number of nitrogens with one attached hydrogen (secondary N) is 6. The van der Waals surface area contributed by atoms with Crippen molar-refractivity contribution in [2.24, 2.45) is 23.5 Å². The smallest absolute Gasteiger partial charge is 0.490 e. The fourth-order valence-electron chi connectivity index (χ4n) is 6.29. The average molecular weight is 949 g/mol. The van der Waals surface area contributed by atoms with Gasteiger partial charge in [0.2, 0.25) is 41.4 Å². The second-order valence-corrected chi connectivity index (χ2v) is 16.7. The molecular weight excluding hydrogens is 885 g/mol. The van der Waals surface area contributed by atoms with Crippen LogP contribution in [0.15, 0.2) is 24.3 Å². The van der Waals surface area contributed by atoms with Gasteiger partial charge in [0.1, 0.15) is 48.5 Å². The van der Waals surface area contributed by atoms with Crippen LogP contribution in [0.3, 0.4) is 0 Å². The minimum absolute atomic E-state index is 0.0250. The number of carboxylic acids is 2. The maximum Gasteiger partial charge on any atom is 0.490 e. The molecule has 0 radical (unpaired) electrons. The molecule has 0 aromatic heterocycles. The maximum atomic E-state index is 13.8. The number of phenolic OH excluding ortho intramolecular Hbond substituents is 1. The first-order valence-electron chi connectivity index (χ1n) is 21.0. The van der Waals surface area contributed by atoms with Gasteiger partial charge in [-0.05, 0) is 61.1 Å². The molecule has 1 aromatic rings. The molecule has 1 saturated heterocycles. The number of nitrogens with two attached hydrogens (primary N) is 1. The van der Waals surface area contributed by atoms with E-state index >= 15 is 0 Å². The van der Waals surface area contributed by atoms with Crippen molar-refractivity contribution in [2.45, 2.75) is 122 Å². The number of carboxylic acid groups (broad SMARTS) is 2. The lowest BCUT2D eigenvalue weighted by atomic mass is 10.00. The van der Waals surface area contributed by atoms with Gasteiger partial charge in [-0.15, -0.1) is 0 Å². The zero-order valence-electron chi connectivity index (χ0n) is 37.5. The number of hydrogen-bond donors (Lipinski definition) is 12. The summed E-state index contributed by atoms with van der Waals surface area (Å²) in [6.07, 6.45) is -4.18. The molecule has 13 N–H and O–H groups in total. The number of amides is 7. The fourth-order valence-corrected chi connectivity index (χ4v) is 6.29. The molecule has 372 valence electrons. The number of aliphatic hydroxyl groups is 2. The summed E-state index contributed by atoms with van der Waals surface area (Å²) < 4.78 is 31.7. The van der Waals surface area contributed by atoms with E-state index in [0.29, 0.717) is 24.9 Å². The van der Waals surface area contributed by atoms with Gasteiger partial charge in [0.15, 0.2) is 0 Å². The Hall–Kier alpha value is -6.08. The average Bonchev–Trinajstić information content (AvgIpc) is 3.73. The van der Waals surface area contributed by atoms with Gasteiger partial charge in [-0.3, -0.25) is 38.4 Å². The maximum absolute atomic E-state index is 13.8. The van der Waals surface area contributed by atoms with Gasteiger partial charge >= 0.3 is 18.1 Å². The van der Waals surface area contributed by atoms with Crippen molar-refractivity contribution in [3.05, 3.63) is 29.8 Å². The third kappa shape index (κ3) is 20.0. The quantitative estimate of drug-likeness (QED) is 0.0579. The highest BCUT2D eigenvalue weighted by atomic mass is 19.4. The first-order chi connectivity index (χ1) is 30.6. The molecule has 25 heteroatoms. The Morgan fingerprint density at radius 3 is 1.56 bits per heavy atom. The highest BCUT2D eigenvalue weighted by Gasteiger charge is 2.40. The van der Waals surface area contributed by atoms with E-state index in [1.165, 1.54) is 29.2 Å². The van der Waals surface area contributed by atoms with E-state index in [-0.39, 0.29) is 48.7 Å². The Morgan fingerprint density at radius 2 is 1.12 bits per heavy atom. The molecular formula is C41H63F3N8O14. The van der Waals surface area contributed by atoms with Crippen molar-refractivity contribution in [1.82, 2.24) is 36.8 Å². The predicted molar refractivity (Wildman–Crippen MR) is 226 cm³/mol. The Balaban J connectivity index is 0.00000286. The molecule has 0 saturated carbocycles. The molecule has 1 aliphatic heterocycles. The molecule has 2 rings (SSSR count). The van der Waals surface area contributed by atoms with Crippen LogP contribution in [-0.2, 0) is 49.6 Å². The molecule has 0 bridgehead atoms. The van der Waals surface area contributed by atoms with Gasteiger partial charge < -0.3 is 68.1 Å². The molecule has 0 unspecified atom stereocenters. The number of nitrogens with zero attached hydrogens (tertiary/aromatic N) is 1. The van der Waals surface area contributed by atoms with Crippen LogP contribution in [0.25, 0.3) is 0 Å². The highest BCUT2D eigenvalue weighted by Crippen LogP contribution is 2.21. The molecule has 1 aliphatic rings. The SMILES string of the molecule is CC(C)C[C@H](NC(=O)[C@H](CO)NC(=O)[C@H](CC(C)C)NC(=O)[C@@H]1CCCN1C(=O)[C@@H](N)C(C)C)C(=O)N[C@@H](Cc1ccc(O)cc1)C(=O)N[C@@H](CO)C(=O)NCC(=O)O.O=C(O)C(F)(F)F. The second kappa shape index (κ2) is 27.4. The monoisotopic (exact) mass is 948 g/mol. The van der Waals surface area contributed by atoms with E-state index in [9.17, 15) is 66.8 Å². The van der Waals surface area contributed by atoms with Gasteiger partial charge in [0.05, 0.1) is 19.3 Å². The van der Waals surface area contributed by atoms with Crippen LogP contribution in [0.4, 0.5) is 13.2 Å². The van der Waals surface area contributed by atoms with Gasteiger partial charge in [0.25, 0.3) is 0 Å². The standard InChI is InChI=1S/C39H62N8O12.C2HF3O2/c1-20(2)14-25(34(54)43-27(16-23-9-11-24(50)12-10-23)36(56)45-28(18-48)33(53)41-17-31(51)52)42-37(57)29(19-49)46-35(55)26(15-21(3)4)44-38(58)30-8-7-13-47(30)39(59)32(40)22(5)6;3-2(4,5)1(6)7/h9-12,20-22,25-30,32,48-50H,7-8,13-19,40H2,1-6H3,(H,41,53)(H,42,57)(H,43,54)(H,44,58)(H,45,56)(H,46,55)(H,51,52);(H,6,7)/t25-,26-,27-,28-,29-,30-,32-;/m0./s1. The summed E-state index contributed by atoms with van der Waals surface area (Å²) in [5, 5.41) is 60.3. The van der Waals surface area contributed by atoms with Gasteiger partial charge in [0, 0.05) is 13.0 Å². The second-order valence-electron chi connectivity index (χ2n) is 16.7. The predicted octanol–water partition coefficient (Wildman–Crippen LogP) is -1.76. The Bertz CT molecular complexity index is 1830. The zero-order chi connectivity index (χ0) is 50.6. The fraction of sp³-hybridized carbons (Fsp3) is 0.634. The number of likely N-dealkylation sites (tertiary alicyclic amines) is 1. The van der Waals surface area contributed by atoms with Crippen molar-refractivity contribution < 1.29 is 81.9 Å². The third-order valence-corrected chi connectivity index (χ3v) is 9.82. The topological polar surface area (TPSA) is 356 Å². The number of hydrogen-bond acceptors (Lipinski definition) is 13. The van der Waals surface area contributed by atoms with Gasteiger partial charge in [-0.2, -0.15) is 13.2 Å². The van der Waals surface area contributed by atoms with E-state index in [1.807, 2.05) is 13.8 Å². The number of aromatic hydroxyl groups is 1. The molecule has 0 aliphatic carbocycles. The Morgan fingerprint density at radius 1 is 0.697 bits per heavy atom. The number of aliphatic hydroxyl groups excluding tert-OH is 2. The lowest BCUT2D eigenvalue weighted by Gasteiger charge is -2.30. The lowest BCUT2D eigenvalue weighted by molar-refractivity contribution is -0.192. The van der Waals surface area contributed by atoms with Crippen LogP contribution in [-0.4, -0.2) is 158 Å². The zero-order valence-corrected chi connectivity index (χ0v) is 37.5. The van der Waals surface area contributed by atoms with E-state index in [2.05, 4.69) is 31.9 Å². The Labute approximate surface area is 379 Å². The third-order valence-electron chi connectivity index (χ3n) is 9.82. The molecule has 7 atom stereocenters. The number of halogens is 3. The van der Waals surface area contributed by atoms with Crippen molar-refractivity contribution in [3.63, 3.8) is 0 Å². The summed E-state index contributed by atoms with van der Waals surface area (Å²) in [5.41, 5.74) is 6.54. The summed E-state index contributed by atoms with van der Waals surface area (Å²) in [5.74, 6) is -10.2. The lowest BCUT2D eigenvalue weighted by Crippen LogP contribution is -2.61. The highest BCUT2D eigenvalue weighted by molar-refractivity contribution is 5.97. The van der Waals surface area contributed by atoms with Gasteiger partial charge in [-0.1, -0.05) is 53.7 Å². The summed E-state index contributed by atoms with van der Waals surface area (Å²) in [6.45, 7) is 8.48. The minimum Gasteiger partial charge on any atom is -0.508 e. The van der Waals surface area contributed by atoms with Crippen LogP contribution < -0.4 is 37.6 Å². The van der Waals surface area contributed by atoms with Crippen molar-refractivity contribution in [2.75, 3.05) is 26.3 Å². The van der Waals surface area contributed by atoms with Crippen LogP contribution in [0, 0.1) is 17.8 Å². The molecule has 7 amide bonds. The van der Waals surface area contributed by atoms with Crippen LogP contribution in [0.2, 0.25) is 0 Å². The van der Waals surface area contributed by atoms with Crippen molar-refractivity contribution >= 4 is 53.3 Å². The first kappa shape index (κ1) is 57.9. The molecule has 66 heavy (non-hydrogen) atoms. The summed E-state index contributed by atoms with van der Waals surface area (Å²) >= 11 is 0. The van der Waals surface area contributed by atoms with E-state index in [0.717, 1.165) is 0 Å². The molecule has 1 heterocycles. The first-order valence-corrected chi connectivity index (χ1v) is 21.0. The van der Waals surface area contributed by atoms with Crippen LogP contribution in [0.5, 0.6) is 5.75 Å². The number of aliphatic carboxylic acids is 2.